The van der Waals surface area contributed by atoms with E-state index in [4.69, 9.17) is 0 Å². The smallest absolute Gasteiger partial charge is 0.254 e. The molecule has 1 aromatic heterocycles. The Morgan fingerprint density at radius 1 is 1.45 bits per heavy atom. The van der Waals surface area contributed by atoms with E-state index in [9.17, 15) is 13.2 Å². The Labute approximate surface area is 136 Å². The van der Waals surface area contributed by atoms with Gasteiger partial charge in [0, 0.05) is 25.3 Å². The minimum absolute atomic E-state index is 0.0906. The molecule has 0 unspecified atom stereocenters. The number of nitrogens with one attached hydrogen (secondary N) is 1. The molecule has 1 N–H and O–H groups in total. The second-order valence-corrected chi connectivity index (χ2v) is 7.87. The summed E-state index contributed by atoms with van der Waals surface area (Å²) in [6, 6.07) is 3.36. The van der Waals surface area contributed by atoms with Gasteiger partial charge in [-0.05, 0) is 38.7 Å². The molecule has 1 heterocycles. The molecule has 0 aliphatic rings. The summed E-state index contributed by atoms with van der Waals surface area (Å²) in [5.41, 5.74) is 0.541. The Hall–Kier alpha value is -1.12. The zero-order valence-corrected chi connectivity index (χ0v) is 15.0. The number of amides is 1. The maximum atomic E-state index is 12.1. The number of rotatable bonds is 8. The molecule has 0 radical (unpaired) electrons. The van der Waals surface area contributed by atoms with Crippen molar-refractivity contribution < 1.29 is 13.2 Å². The summed E-state index contributed by atoms with van der Waals surface area (Å²) in [7, 11) is -3.22. The number of aromatic nitrogens is 1. The fraction of sp³-hybridized carbons (Fsp3) is 0.571. The predicted octanol–water partition coefficient (Wildman–Crippen LogP) is 1.59. The lowest BCUT2D eigenvalue weighted by Gasteiger charge is -2.23. The number of carbonyl (C=O) groups excluding carboxylic acids is 1. The van der Waals surface area contributed by atoms with E-state index in [0.29, 0.717) is 30.1 Å². The molecule has 0 bridgehead atoms. The van der Waals surface area contributed by atoms with Crippen LogP contribution in [0, 0.1) is 0 Å². The molecule has 0 spiro atoms. The van der Waals surface area contributed by atoms with Crippen molar-refractivity contribution in [2.45, 2.75) is 31.3 Å². The molecule has 0 aliphatic heterocycles. The highest BCUT2D eigenvalue weighted by atomic mass is 32.2. The predicted molar refractivity (Wildman–Crippen MR) is 89.7 cm³/mol. The van der Waals surface area contributed by atoms with Gasteiger partial charge in [0.1, 0.15) is 5.03 Å². The first kappa shape index (κ1) is 18.9. The molecular formula is C14H23N3O3S2. The van der Waals surface area contributed by atoms with Crippen LogP contribution >= 0.6 is 11.8 Å². The van der Waals surface area contributed by atoms with Crippen molar-refractivity contribution in [1.29, 1.82) is 0 Å². The van der Waals surface area contributed by atoms with Gasteiger partial charge in [0.25, 0.3) is 5.91 Å². The van der Waals surface area contributed by atoms with Crippen molar-refractivity contribution in [2.24, 2.45) is 0 Å². The second kappa shape index (κ2) is 8.50. The summed E-state index contributed by atoms with van der Waals surface area (Å²) in [6.45, 7) is 4.47. The molecule has 1 amide bonds. The van der Waals surface area contributed by atoms with Gasteiger partial charge >= 0.3 is 0 Å². The van der Waals surface area contributed by atoms with Crippen molar-refractivity contribution in [3.63, 3.8) is 0 Å². The summed E-state index contributed by atoms with van der Waals surface area (Å²) in [4.78, 5) is 16.2. The zero-order valence-electron chi connectivity index (χ0n) is 13.4. The largest absolute Gasteiger partial charge is 0.352 e. The highest BCUT2D eigenvalue weighted by molar-refractivity contribution is 7.98. The van der Waals surface area contributed by atoms with Gasteiger partial charge in [-0.1, -0.05) is 0 Å². The molecule has 0 saturated heterocycles. The monoisotopic (exact) mass is 345 g/mol. The SMILES string of the molecule is CSc1ncccc1C(=O)NCCCN(C(C)C)S(C)(=O)=O. The molecule has 6 nitrogen and oxygen atoms in total. The minimum Gasteiger partial charge on any atom is -0.352 e. The van der Waals surface area contributed by atoms with Crippen LogP contribution in [0.2, 0.25) is 0 Å². The molecule has 1 aromatic rings. The van der Waals surface area contributed by atoms with E-state index in [0.717, 1.165) is 0 Å². The quantitative estimate of drug-likeness (QED) is 0.572. The van der Waals surface area contributed by atoms with Crippen LogP contribution in [0.1, 0.15) is 30.6 Å². The van der Waals surface area contributed by atoms with Crippen LogP contribution in [0.3, 0.4) is 0 Å². The van der Waals surface area contributed by atoms with E-state index in [-0.39, 0.29) is 11.9 Å². The van der Waals surface area contributed by atoms with E-state index in [2.05, 4.69) is 10.3 Å². The molecule has 0 aliphatic carbocycles. The Morgan fingerprint density at radius 3 is 2.68 bits per heavy atom. The van der Waals surface area contributed by atoms with Gasteiger partial charge in [0.05, 0.1) is 11.8 Å². The fourth-order valence-electron chi connectivity index (χ4n) is 2.07. The molecule has 124 valence electrons. The van der Waals surface area contributed by atoms with Crippen LogP contribution in [-0.2, 0) is 10.0 Å². The van der Waals surface area contributed by atoms with E-state index in [1.807, 2.05) is 20.1 Å². The van der Waals surface area contributed by atoms with Crippen molar-refractivity contribution in [2.75, 3.05) is 25.6 Å². The zero-order chi connectivity index (χ0) is 16.8. The average molecular weight is 345 g/mol. The summed E-state index contributed by atoms with van der Waals surface area (Å²) in [6.07, 6.45) is 5.28. The van der Waals surface area contributed by atoms with Crippen LogP contribution in [0.15, 0.2) is 23.4 Å². The second-order valence-electron chi connectivity index (χ2n) is 5.14. The number of carbonyl (C=O) groups is 1. The number of hydrogen-bond acceptors (Lipinski definition) is 5. The van der Waals surface area contributed by atoms with Crippen molar-refractivity contribution in [3.8, 4) is 0 Å². The Kier molecular flexibility index (Phi) is 7.31. The van der Waals surface area contributed by atoms with Crippen molar-refractivity contribution >= 4 is 27.7 Å². The Morgan fingerprint density at radius 2 is 2.14 bits per heavy atom. The minimum atomic E-state index is -3.22. The number of sulfonamides is 1. The molecule has 0 aromatic carbocycles. The molecule has 8 heteroatoms. The van der Waals surface area contributed by atoms with E-state index < -0.39 is 10.0 Å². The van der Waals surface area contributed by atoms with Crippen LogP contribution < -0.4 is 5.32 Å². The summed E-state index contributed by atoms with van der Waals surface area (Å²) < 4.78 is 24.7. The van der Waals surface area contributed by atoms with Gasteiger partial charge in [-0.15, -0.1) is 11.8 Å². The third-order valence-corrected chi connectivity index (χ3v) is 5.22. The number of thioether (sulfide) groups is 1. The van der Waals surface area contributed by atoms with Crippen molar-refractivity contribution in [3.05, 3.63) is 23.9 Å². The molecule has 1 rings (SSSR count). The maximum Gasteiger partial charge on any atom is 0.254 e. The third-order valence-electron chi connectivity index (χ3n) is 3.05. The Balaban J connectivity index is 2.52. The lowest BCUT2D eigenvalue weighted by Crippen LogP contribution is -2.38. The van der Waals surface area contributed by atoms with Gasteiger partial charge in [0.2, 0.25) is 10.0 Å². The van der Waals surface area contributed by atoms with E-state index in [1.165, 1.54) is 22.3 Å². The van der Waals surface area contributed by atoms with Crippen molar-refractivity contribution in [1.82, 2.24) is 14.6 Å². The standard InChI is InChI=1S/C14H23N3O3S2/c1-11(2)17(22(4,19)20)10-6-9-15-13(18)12-7-5-8-16-14(12)21-3/h5,7-8,11H,6,9-10H2,1-4H3,(H,15,18). The highest BCUT2D eigenvalue weighted by Crippen LogP contribution is 2.16. The van der Waals surface area contributed by atoms with Gasteiger partial charge in [-0.25, -0.2) is 13.4 Å². The topological polar surface area (TPSA) is 79.4 Å². The van der Waals surface area contributed by atoms with Gasteiger partial charge in [0.15, 0.2) is 0 Å². The summed E-state index contributed by atoms with van der Waals surface area (Å²) in [5.74, 6) is -0.187. The first-order valence-corrected chi connectivity index (χ1v) is 10.1. The molecular weight excluding hydrogens is 322 g/mol. The van der Waals surface area contributed by atoms with Gasteiger partial charge in [-0.2, -0.15) is 4.31 Å². The van der Waals surface area contributed by atoms with E-state index >= 15 is 0 Å². The van der Waals surface area contributed by atoms with Crippen LogP contribution in [0.25, 0.3) is 0 Å². The fourth-order valence-corrected chi connectivity index (χ4v) is 3.84. The summed E-state index contributed by atoms with van der Waals surface area (Å²) >= 11 is 1.42. The lowest BCUT2D eigenvalue weighted by molar-refractivity contribution is 0.0949. The normalized spacial score (nSPS) is 11.9. The number of nitrogens with zero attached hydrogens (tertiary/aromatic N) is 2. The molecule has 22 heavy (non-hydrogen) atoms. The maximum absolute atomic E-state index is 12.1. The average Bonchev–Trinajstić information content (AvgIpc) is 2.44. The van der Waals surface area contributed by atoms with Crippen LogP contribution in [-0.4, -0.2) is 55.3 Å². The lowest BCUT2D eigenvalue weighted by atomic mass is 10.2. The van der Waals surface area contributed by atoms with E-state index in [1.54, 1.807) is 18.3 Å². The van der Waals surface area contributed by atoms with Gasteiger partial charge in [-0.3, -0.25) is 4.79 Å². The highest BCUT2D eigenvalue weighted by Gasteiger charge is 2.19. The third kappa shape index (κ3) is 5.58. The first-order chi connectivity index (χ1) is 10.3. The molecule has 0 saturated carbocycles. The summed E-state index contributed by atoms with van der Waals surface area (Å²) in [5, 5.41) is 3.49. The molecule has 0 fully saturated rings. The van der Waals surface area contributed by atoms with Crippen LogP contribution in [0.5, 0.6) is 0 Å². The first-order valence-electron chi connectivity index (χ1n) is 7.01. The number of hydrogen-bond donors (Lipinski definition) is 1. The molecule has 0 atom stereocenters. The number of pyridine rings is 1. The van der Waals surface area contributed by atoms with Crippen LogP contribution in [0.4, 0.5) is 0 Å². The Bertz CT molecular complexity index is 603. The van der Waals surface area contributed by atoms with Gasteiger partial charge < -0.3 is 5.32 Å².